The molecule has 0 bridgehead atoms. The number of likely N-dealkylation sites (tertiary alicyclic amines) is 1. The summed E-state index contributed by atoms with van der Waals surface area (Å²) >= 11 is 0. The number of hydrogen-bond acceptors (Lipinski definition) is 7. The van der Waals surface area contributed by atoms with Gasteiger partial charge in [-0.15, -0.1) is 0 Å². The van der Waals surface area contributed by atoms with E-state index in [2.05, 4.69) is 15.2 Å². The number of morpholine rings is 1. The molecular weight excluding hydrogens is 497 g/mol. The first-order valence-corrected chi connectivity index (χ1v) is 14.1. The minimum Gasteiger partial charge on any atom is -0.394 e. The molecule has 1 amide bonds. The van der Waals surface area contributed by atoms with Gasteiger partial charge in [0.25, 0.3) is 5.91 Å². The average Bonchev–Trinajstić information content (AvgIpc) is 3.47. The fourth-order valence-corrected chi connectivity index (χ4v) is 4.90. The third kappa shape index (κ3) is 7.22. The van der Waals surface area contributed by atoms with Crippen molar-refractivity contribution in [3.05, 3.63) is 59.5 Å². The van der Waals surface area contributed by atoms with Crippen LogP contribution in [0.5, 0.6) is 0 Å². The number of rotatable bonds is 6. The van der Waals surface area contributed by atoms with Gasteiger partial charge in [-0.1, -0.05) is 33.8 Å². The van der Waals surface area contributed by atoms with Crippen LogP contribution in [-0.4, -0.2) is 71.4 Å². The van der Waals surface area contributed by atoms with E-state index < -0.39 is 0 Å². The molecule has 1 aromatic heterocycles. The maximum atomic E-state index is 13.8. The van der Waals surface area contributed by atoms with Crippen LogP contribution in [0.15, 0.2) is 42.6 Å². The molecule has 3 aromatic rings. The van der Waals surface area contributed by atoms with Crippen LogP contribution in [0.2, 0.25) is 0 Å². The Morgan fingerprint density at radius 3 is 2.59 bits per heavy atom. The van der Waals surface area contributed by atoms with E-state index in [9.17, 15) is 14.3 Å². The molecule has 2 atom stereocenters. The number of aliphatic hydroxyl groups excluding tert-OH is 1. The van der Waals surface area contributed by atoms with Gasteiger partial charge in [-0.05, 0) is 50.1 Å². The van der Waals surface area contributed by atoms with Crippen LogP contribution in [0.25, 0.3) is 11.0 Å². The summed E-state index contributed by atoms with van der Waals surface area (Å²) in [5, 5.41) is 13.1. The molecular formula is C30H42FN5O3. The lowest BCUT2D eigenvalue weighted by Gasteiger charge is -2.28. The maximum Gasteiger partial charge on any atom is 0.254 e. The summed E-state index contributed by atoms with van der Waals surface area (Å²) in [4.78, 5) is 26.9. The third-order valence-electron chi connectivity index (χ3n) is 6.77. The number of carbonyl (C=O) groups is 1. The highest BCUT2D eigenvalue weighted by Gasteiger charge is 2.30. The van der Waals surface area contributed by atoms with Gasteiger partial charge in [0.05, 0.1) is 49.1 Å². The number of nitrogens with one attached hydrogen (secondary N) is 1. The van der Waals surface area contributed by atoms with Crippen molar-refractivity contribution in [2.24, 2.45) is 0 Å². The summed E-state index contributed by atoms with van der Waals surface area (Å²) in [5.41, 5.74) is 3.27. The van der Waals surface area contributed by atoms with E-state index in [1.54, 1.807) is 29.3 Å². The molecule has 8 nitrogen and oxygen atoms in total. The number of fused-ring (bicyclic) bond motifs is 1. The third-order valence-corrected chi connectivity index (χ3v) is 6.77. The predicted octanol–water partition coefficient (Wildman–Crippen LogP) is 5.43. The number of amides is 1. The zero-order valence-corrected chi connectivity index (χ0v) is 23.8. The molecule has 2 N–H and O–H groups in total. The molecule has 0 aliphatic carbocycles. The van der Waals surface area contributed by atoms with Crippen molar-refractivity contribution in [3.63, 3.8) is 0 Å². The molecule has 39 heavy (non-hydrogen) atoms. The summed E-state index contributed by atoms with van der Waals surface area (Å²) in [6.45, 7) is 13.3. The lowest BCUT2D eigenvalue weighted by Crippen LogP contribution is -2.37. The van der Waals surface area contributed by atoms with E-state index in [1.807, 2.05) is 40.7 Å². The van der Waals surface area contributed by atoms with Gasteiger partial charge in [-0.3, -0.25) is 9.78 Å². The van der Waals surface area contributed by atoms with E-state index in [-0.39, 0.29) is 30.4 Å². The Bertz CT molecular complexity index is 1220. The van der Waals surface area contributed by atoms with Gasteiger partial charge in [-0.2, -0.15) is 0 Å². The topological polar surface area (TPSA) is 90.8 Å². The van der Waals surface area contributed by atoms with Crippen LogP contribution in [-0.2, 0) is 4.74 Å². The minimum atomic E-state index is -0.325. The van der Waals surface area contributed by atoms with Crippen molar-refractivity contribution in [2.45, 2.75) is 59.5 Å². The second kappa shape index (κ2) is 14.7. The number of aromatic nitrogens is 2. The fraction of sp³-hybridized carbons (Fsp3) is 0.500. The van der Waals surface area contributed by atoms with Gasteiger partial charge >= 0.3 is 0 Å². The largest absolute Gasteiger partial charge is 0.394 e. The molecule has 0 spiro atoms. The summed E-state index contributed by atoms with van der Waals surface area (Å²) in [5.74, 6) is 0.315. The van der Waals surface area contributed by atoms with Crippen molar-refractivity contribution in [2.75, 3.05) is 49.7 Å². The van der Waals surface area contributed by atoms with Crippen LogP contribution in [0, 0.1) is 5.82 Å². The van der Waals surface area contributed by atoms with E-state index in [4.69, 9.17) is 9.72 Å². The van der Waals surface area contributed by atoms with Crippen molar-refractivity contribution in [3.8, 4) is 0 Å². The van der Waals surface area contributed by atoms with Gasteiger partial charge in [0.2, 0.25) is 0 Å². The zero-order chi connectivity index (χ0) is 28.4. The van der Waals surface area contributed by atoms with E-state index in [0.29, 0.717) is 42.0 Å². The number of ether oxygens (including phenoxy) is 1. The molecule has 2 aliphatic heterocycles. The Hall–Kier alpha value is -3.30. The monoisotopic (exact) mass is 539 g/mol. The van der Waals surface area contributed by atoms with Crippen molar-refractivity contribution < 1.29 is 19.0 Å². The Kier molecular flexibility index (Phi) is 11.4. The van der Waals surface area contributed by atoms with E-state index in [0.717, 1.165) is 37.3 Å². The van der Waals surface area contributed by atoms with Crippen molar-refractivity contribution >= 4 is 28.4 Å². The standard InChI is InChI=1S/C26H30FN5O3.2C2H6/c1-17(29-20-5-2-4-19(27)14-20)22-12-18(26(34)32-7-3-6-21(32)16-33)13-23-25(22)30-24(15-28-23)31-8-10-35-11-9-31;2*1-2/h2,4-5,12-15,17,21,29,33H,3,6-11,16H2,1H3;2*1-2H3. The Morgan fingerprint density at radius 1 is 1.15 bits per heavy atom. The summed E-state index contributed by atoms with van der Waals surface area (Å²) in [6, 6.07) is 9.49. The SMILES string of the molecule is CC.CC.CC(Nc1cccc(F)c1)c1cc(C(=O)N2CCCC2CO)cc2ncc(N3CCOCC3)nc12. The van der Waals surface area contributed by atoms with Crippen LogP contribution in [0.4, 0.5) is 15.9 Å². The average molecular weight is 540 g/mol. The lowest BCUT2D eigenvalue weighted by atomic mass is 10.0. The molecule has 5 rings (SSSR count). The number of anilines is 2. The number of hydrogen-bond donors (Lipinski definition) is 2. The highest BCUT2D eigenvalue weighted by Crippen LogP contribution is 2.30. The van der Waals surface area contributed by atoms with Gasteiger partial charge in [0.1, 0.15) is 11.6 Å². The molecule has 0 saturated carbocycles. The minimum absolute atomic E-state index is 0.0492. The molecule has 2 aromatic carbocycles. The highest BCUT2D eigenvalue weighted by molar-refractivity contribution is 5.99. The van der Waals surface area contributed by atoms with Gasteiger partial charge in [0.15, 0.2) is 0 Å². The molecule has 9 heteroatoms. The molecule has 2 fully saturated rings. The van der Waals surface area contributed by atoms with E-state index >= 15 is 0 Å². The molecule has 2 aliphatic rings. The van der Waals surface area contributed by atoms with Crippen LogP contribution in [0.1, 0.15) is 69.4 Å². The second-order valence-electron chi connectivity index (χ2n) is 9.11. The second-order valence-corrected chi connectivity index (χ2v) is 9.11. The smallest absolute Gasteiger partial charge is 0.254 e. The lowest BCUT2D eigenvalue weighted by molar-refractivity contribution is 0.0677. The number of carbonyl (C=O) groups excluding carboxylic acids is 1. The number of aliphatic hydroxyl groups is 1. The zero-order valence-electron chi connectivity index (χ0n) is 23.8. The van der Waals surface area contributed by atoms with E-state index in [1.165, 1.54) is 12.1 Å². The molecule has 212 valence electrons. The molecule has 3 heterocycles. The summed E-state index contributed by atoms with van der Waals surface area (Å²) in [6.07, 6.45) is 3.41. The Balaban J connectivity index is 0.00000100. The van der Waals surface area contributed by atoms with Crippen LogP contribution < -0.4 is 10.2 Å². The van der Waals surface area contributed by atoms with Gasteiger partial charge in [-0.25, -0.2) is 9.37 Å². The normalized spacial score (nSPS) is 17.6. The van der Waals surface area contributed by atoms with Crippen molar-refractivity contribution in [1.29, 1.82) is 0 Å². The quantitative estimate of drug-likeness (QED) is 0.432. The summed E-state index contributed by atoms with van der Waals surface area (Å²) in [7, 11) is 0. The number of benzene rings is 2. The molecule has 2 saturated heterocycles. The first kappa shape index (κ1) is 30.2. The van der Waals surface area contributed by atoms with Gasteiger partial charge < -0.3 is 25.0 Å². The first-order chi connectivity index (χ1) is 19.0. The predicted molar refractivity (Wildman–Crippen MR) is 155 cm³/mol. The maximum absolute atomic E-state index is 13.8. The number of halogens is 1. The van der Waals surface area contributed by atoms with Crippen LogP contribution in [0.3, 0.4) is 0 Å². The molecule has 0 radical (unpaired) electrons. The Morgan fingerprint density at radius 2 is 1.90 bits per heavy atom. The Labute approximate surface area is 231 Å². The fourth-order valence-electron chi connectivity index (χ4n) is 4.90. The first-order valence-electron chi connectivity index (χ1n) is 14.1. The molecule has 2 unspecified atom stereocenters. The number of nitrogens with zero attached hydrogens (tertiary/aromatic N) is 4. The van der Waals surface area contributed by atoms with Gasteiger partial charge in [0, 0.05) is 36.4 Å². The summed E-state index contributed by atoms with van der Waals surface area (Å²) < 4.78 is 19.3. The highest BCUT2D eigenvalue weighted by atomic mass is 19.1. The van der Waals surface area contributed by atoms with Crippen molar-refractivity contribution in [1.82, 2.24) is 14.9 Å². The van der Waals surface area contributed by atoms with Crippen LogP contribution >= 0.6 is 0 Å².